The molecule has 3 rings (SSSR count). The molecule has 2 aromatic carbocycles. The molecule has 0 aromatic heterocycles. The highest BCUT2D eigenvalue weighted by Gasteiger charge is 2.26. The monoisotopic (exact) mass is 404 g/mol. The Hall–Kier alpha value is -2.25. The van der Waals surface area contributed by atoms with Gasteiger partial charge in [-0.05, 0) is 56.0 Å². The van der Waals surface area contributed by atoms with Crippen molar-refractivity contribution >= 4 is 15.9 Å². The molecule has 0 atom stereocenters. The molecule has 0 spiro atoms. The van der Waals surface area contributed by atoms with E-state index in [0.29, 0.717) is 38.8 Å². The molecule has 150 valence electrons. The second-order valence-corrected chi connectivity index (χ2v) is 8.93. The van der Waals surface area contributed by atoms with Crippen LogP contribution in [0.3, 0.4) is 0 Å². The lowest BCUT2D eigenvalue weighted by Crippen LogP contribution is -2.46. The van der Waals surface area contributed by atoms with Gasteiger partial charge in [0, 0.05) is 25.6 Å². The lowest BCUT2D eigenvalue weighted by Gasteiger charge is -2.32. The van der Waals surface area contributed by atoms with Crippen LogP contribution in [0.5, 0.6) is 0 Å². The van der Waals surface area contributed by atoms with Crippen molar-refractivity contribution in [2.24, 2.45) is 0 Å². The van der Waals surface area contributed by atoms with Gasteiger partial charge in [-0.1, -0.05) is 29.8 Å². The molecule has 0 unspecified atom stereocenters. The lowest BCUT2D eigenvalue weighted by molar-refractivity contribution is -0.132. The fraction of sp³-hybridized carbons (Fsp3) is 0.381. The van der Waals surface area contributed by atoms with Gasteiger partial charge in [-0.15, -0.1) is 0 Å². The Morgan fingerprint density at radius 1 is 1.14 bits per heavy atom. The summed E-state index contributed by atoms with van der Waals surface area (Å²) in [6, 6.07) is 12.7. The molecule has 0 saturated carbocycles. The van der Waals surface area contributed by atoms with Crippen molar-refractivity contribution in [3.63, 3.8) is 0 Å². The fourth-order valence-corrected chi connectivity index (χ4v) is 4.73. The number of aryl methyl sites for hydroxylation is 2. The molecule has 0 bridgehead atoms. The number of nitrogens with zero attached hydrogens (tertiary/aromatic N) is 1. The van der Waals surface area contributed by atoms with Crippen LogP contribution in [-0.2, 0) is 21.2 Å². The summed E-state index contributed by atoms with van der Waals surface area (Å²) in [5.74, 6) is -0.377. The molecule has 5 nitrogen and oxygen atoms in total. The van der Waals surface area contributed by atoms with Crippen LogP contribution < -0.4 is 4.72 Å². The number of rotatable bonds is 6. The predicted octanol–water partition coefficient (Wildman–Crippen LogP) is 3.04. The molecular weight excluding hydrogens is 379 g/mol. The van der Waals surface area contributed by atoms with Crippen LogP contribution >= 0.6 is 0 Å². The number of halogens is 1. The summed E-state index contributed by atoms with van der Waals surface area (Å²) in [6.45, 7) is 3.09. The number of hydrogen-bond acceptors (Lipinski definition) is 3. The highest BCUT2D eigenvalue weighted by Crippen LogP contribution is 2.17. The zero-order valence-corrected chi connectivity index (χ0v) is 16.7. The molecule has 1 N–H and O–H groups in total. The molecule has 1 amide bonds. The molecule has 1 fully saturated rings. The summed E-state index contributed by atoms with van der Waals surface area (Å²) in [5, 5.41) is 0. The zero-order valence-electron chi connectivity index (χ0n) is 15.9. The predicted molar refractivity (Wildman–Crippen MR) is 106 cm³/mol. The first kappa shape index (κ1) is 20.5. The summed E-state index contributed by atoms with van der Waals surface area (Å²) >= 11 is 0. The van der Waals surface area contributed by atoms with Gasteiger partial charge in [0.2, 0.25) is 15.9 Å². The van der Waals surface area contributed by atoms with Gasteiger partial charge >= 0.3 is 0 Å². The Morgan fingerprint density at radius 2 is 1.82 bits per heavy atom. The zero-order chi connectivity index (χ0) is 20.1. The first-order chi connectivity index (χ1) is 13.3. The summed E-state index contributed by atoms with van der Waals surface area (Å²) in [5.41, 5.74) is 2.33. The summed E-state index contributed by atoms with van der Waals surface area (Å²) < 4.78 is 40.5. The third kappa shape index (κ3) is 5.39. The number of nitrogens with one attached hydrogen (secondary N) is 1. The molecule has 1 heterocycles. The average Bonchev–Trinajstić information content (AvgIpc) is 2.67. The van der Waals surface area contributed by atoms with Crippen molar-refractivity contribution in [3.8, 4) is 0 Å². The van der Waals surface area contributed by atoms with E-state index in [0.717, 1.165) is 17.7 Å². The van der Waals surface area contributed by atoms with E-state index < -0.39 is 15.8 Å². The second kappa shape index (κ2) is 8.84. The van der Waals surface area contributed by atoms with Gasteiger partial charge in [0.05, 0.1) is 4.90 Å². The Kier molecular flexibility index (Phi) is 6.46. The van der Waals surface area contributed by atoms with E-state index in [1.54, 1.807) is 4.90 Å². The standard InChI is InChI=1S/C21H25FN2O3S/c1-16-3-2-4-17(15-16)5-10-21(25)24-13-11-19(12-14-24)23-28(26,27)20-8-6-18(22)7-9-20/h2-4,6-9,15,19,23H,5,10-14H2,1H3. The molecule has 0 aliphatic carbocycles. The van der Waals surface area contributed by atoms with Gasteiger partial charge < -0.3 is 4.90 Å². The molecule has 0 radical (unpaired) electrons. The molecular formula is C21H25FN2O3S. The summed E-state index contributed by atoms with van der Waals surface area (Å²) in [7, 11) is -3.68. The average molecular weight is 405 g/mol. The van der Waals surface area contributed by atoms with E-state index in [4.69, 9.17) is 0 Å². The summed E-state index contributed by atoms with van der Waals surface area (Å²) in [6.07, 6.45) is 2.29. The molecule has 1 aliphatic rings. The van der Waals surface area contributed by atoms with Crippen LogP contribution in [0.4, 0.5) is 4.39 Å². The van der Waals surface area contributed by atoms with E-state index in [-0.39, 0.29) is 16.8 Å². The van der Waals surface area contributed by atoms with Crippen molar-refractivity contribution < 1.29 is 17.6 Å². The maximum atomic E-state index is 13.0. The highest BCUT2D eigenvalue weighted by atomic mass is 32.2. The van der Waals surface area contributed by atoms with Crippen LogP contribution in [0.2, 0.25) is 0 Å². The number of benzene rings is 2. The van der Waals surface area contributed by atoms with Crippen LogP contribution in [0.1, 0.15) is 30.4 Å². The van der Waals surface area contributed by atoms with Crippen molar-refractivity contribution in [1.82, 2.24) is 9.62 Å². The van der Waals surface area contributed by atoms with Crippen molar-refractivity contribution in [1.29, 1.82) is 0 Å². The topological polar surface area (TPSA) is 66.5 Å². The number of piperidine rings is 1. The van der Waals surface area contributed by atoms with Crippen molar-refractivity contribution in [3.05, 3.63) is 65.5 Å². The maximum Gasteiger partial charge on any atom is 0.240 e. The highest BCUT2D eigenvalue weighted by molar-refractivity contribution is 7.89. The fourth-order valence-electron chi connectivity index (χ4n) is 3.42. The quantitative estimate of drug-likeness (QED) is 0.805. The van der Waals surface area contributed by atoms with Crippen LogP contribution in [0.15, 0.2) is 53.4 Å². The minimum atomic E-state index is -3.68. The number of amides is 1. The Bertz CT molecular complexity index is 921. The minimum absolute atomic E-state index is 0.0468. The minimum Gasteiger partial charge on any atom is -0.343 e. The van der Waals surface area contributed by atoms with Gasteiger partial charge in [-0.2, -0.15) is 0 Å². The largest absolute Gasteiger partial charge is 0.343 e. The van der Waals surface area contributed by atoms with E-state index >= 15 is 0 Å². The van der Waals surface area contributed by atoms with Crippen LogP contribution in [0, 0.1) is 12.7 Å². The number of carbonyl (C=O) groups is 1. The first-order valence-electron chi connectivity index (χ1n) is 9.45. The van der Waals surface area contributed by atoms with Gasteiger partial charge in [0.15, 0.2) is 0 Å². The van der Waals surface area contributed by atoms with Crippen molar-refractivity contribution in [2.45, 2.75) is 43.5 Å². The van der Waals surface area contributed by atoms with E-state index in [9.17, 15) is 17.6 Å². The molecule has 28 heavy (non-hydrogen) atoms. The molecule has 1 saturated heterocycles. The van der Waals surface area contributed by atoms with Gasteiger partial charge in [-0.25, -0.2) is 17.5 Å². The molecule has 1 aliphatic heterocycles. The van der Waals surface area contributed by atoms with Gasteiger partial charge in [-0.3, -0.25) is 4.79 Å². The van der Waals surface area contributed by atoms with Gasteiger partial charge in [0.25, 0.3) is 0 Å². The van der Waals surface area contributed by atoms with E-state index in [1.807, 2.05) is 25.1 Å². The summed E-state index contributed by atoms with van der Waals surface area (Å²) in [4.78, 5) is 14.3. The maximum absolute atomic E-state index is 13.0. The number of hydrogen-bond donors (Lipinski definition) is 1. The SMILES string of the molecule is Cc1cccc(CCC(=O)N2CCC(NS(=O)(=O)c3ccc(F)cc3)CC2)c1. The van der Waals surface area contributed by atoms with Crippen molar-refractivity contribution in [2.75, 3.05) is 13.1 Å². The molecule has 7 heteroatoms. The van der Waals surface area contributed by atoms with Gasteiger partial charge in [0.1, 0.15) is 5.82 Å². The smallest absolute Gasteiger partial charge is 0.240 e. The third-order valence-corrected chi connectivity index (χ3v) is 6.54. The lowest BCUT2D eigenvalue weighted by atomic mass is 10.0. The Morgan fingerprint density at radius 3 is 2.46 bits per heavy atom. The first-order valence-corrected chi connectivity index (χ1v) is 10.9. The van der Waals surface area contributed by atoms with E-state index in [1.165, 1.54) is 17.7 Å². The third-order valence-electron chi connectivity index (χ3n) is 5.00. The number of sulfonamides is 1. The van der Waals surface area contributed by atoms with Crippen LogP contribution in [-0.4, -0.2) is 38.4 Å². The normalized spacial score (nSPS) is 15.6. The number of likely N-dealkylation sites (tertiary alicyclic amines) is 1. The Labute approximate surface area is 165 Å². The molecule has 2 aromatic rings. The number of carbonyl (C=O) groups excluding carboxylic acids is 1. The van der Waals surface area contributed by atoms with Crippen LogP contribution in [0.25, 0.3) is 0 Å². The van der Waals surface area contributed by atoms with E-state index in [2.05, 4.69) is 10.8 Å². The second-order valence-electron chi connectivity index (χ2n) is 7.22. The Balaban J connectivity index is 1.48.